The van der Waals surface area contributed by atoms with Crippen LogP contribution in [0.5, 0.6) is 0 Å². The summed E-state index contributed by atoms with van der Waals surface area (Å²) in [6.07, 6.45) is 6.99. The molecule has 2 saturated carbocycles. The van der Waals surface area contributed by atoms with Crippen molar-refractivity contribution in [1.82, 2.24) is 5.32 Å². The molecule has 0 radical (unpaired) electrons. The Labute approximate surface area is 91.2 Å². The Kier molecular flexibility index (Phi) is 3.05. The normalized spacial score (nSPS) is 23.2. The van der Waals surface area contributed by atoms with Crippen LogP contribution < -0.4 is 5.32 Å². The van der Waals surface area contributed by atoms with Gasteiger partial charge in [-0.05, 0) is 36.3 Å². The summed E-state index contributed by atoms with van der Waals surface area (Å²) in [4.78, 5) is 11.5. The lowest BCUT2D eigenvalue weighted by atomic mass is 10.1. The molecule has 2 rings (SSSR count). The van der Waals surface area contributed by atoms with E-state index in [2.05, 4.69) is 17.9 Å². The van der Waals surface area contributed by atoms with Crippen LogP contribution in [0.2, 0.25) is 0 Å². The van der Waals surface area contributed by atoms with Gasteiger partial charge in [-0.3, -0.25) is 4.79 Å². The van der Waals surface area contributed by atoms with Crippen LogP contribution in [0.3, 0.4) is 0 Å². The van der Waals surface area contributed by atoms with Gasteiger partial charge in [0.1, 0.15) is 0 Å². The Hall–Kier alpha value is -0.180. The first-order chi connectivity index (χ1) is 6.74. The van der Waals surface area contributed by atoms with Crippen LogP contribution in [0.15, 0.2) is 0 Å². The van der Waals surface area contributed by atoms with Gasteiger partial charge in [0.25, 0.3) is 0 Å². The summed E-state index contributed by atoms with van der Waals surface area (Å²) in [7, 11) is 0. The highest BCUT2D eigenvalue weighted by Gasteiger charge is 2.42. The number of hydrogen-bond donors (Lipinski definition) is 2. The van der Waals surface area contributed by atoms with E-state index in [9.17, 15) is 4.79 Å². The van der Waals surface area contributed by atoms with Crippen LogP contribution >= 0.6 is 12.6 Å². The maximum Gasteiger partial charge on any atom is 0.220 e. The Morgan fingerprint density at radius 2 is 2.14 bits per heavy atom. The van der Waals surface area contributed by atoms with Crippen molar-refractivity contribution in [1.29, 1.82) is 0 Å². The van der Waals surface area contributed by atoms with E-state index in [1.54, 1.807) is 0 Å². The molecule has 2 nitrogen and oxygen atoms in total. The second-order valence-electron chi connectivity index (χ2n) is 4.92. The van der Waals surface area contributed by atoms with Crippen LogP contribution in [-0.2, 0) is 4.79 Å². The van der Waals surface area contributed by atoms with E-state index in [0.717, 1.165) is 18.2 Å². The molecule has 3 heteroatoms. The third-order valence-electron chi connectivity index (χ3n) is 3.40. The topological polar surface area (TPSA) is 29.1 Å². The van der Waals surface area contributed by atoms with Crippen molar-refractivity contribution < 1.29 is 4.79 Å². The van der Waals surface area contributed by atoms with Gasteiger partial charge in [0.2, 0.25) is 5.91 Å². The molecule has 0 aliphatic heterocycles. The van der Waals surface area contributed by atoms with Crippen LogP contribution in [-0.4, -0.2) is 18.2 Å². The molecular formula is C11H19NOS. The van der Waals surface area contributed by atoms with E-state index >= 15 is 0 Å². The van der Waals surface area contributed by atoms with Crippen molar-refractivity contribution in [3.63, 3.8) is 0 Å². The Morgan fingerprint density at radius 1 is 1.43 bits per heavy atom. The lowest BCUT2D eigenvalue weighted by Crippen LogP contribution is -2.27. The summed E-state index contributed by atoms with van der Waals surface area (Å²) in [5, 5.41) is 3.01. The van der Waals surface area contributed by atoms with Crippen molar-refractivity contribution in [2.75, 3.05) is 12.3 Å². The molecule has 2 aliphatic carbocycles. The van der Waals surface area contributed by atoms with Gasteiger partial charge in [-0.25, -0.2) is 0 Å². The molecule has 2 aliphatic rings. The molecule has 14 heavy (non-hydrogen) atoms. The predicted octanol–water partition coefficient (Wildman–Crippen LogP) is 2.00. The molecule has 1 amide bonds. The average molecular weight is 213 g/mol. The molecule has 0 saturated heterocycles. The minimum atomic E-state index is 0.234. The fourth-order valence-electron chi connectivity index (χ4n) is 1.79. The molecule has 0 unspecified atom stereocenters. The lowest BCUT2D eigenvalue weighted by Gasteiger charge is -2.11. The van der Waals surface area contributed by atoms with Crippen molar-refractivity contribution >= 4 is 18.5 Å². The van der Waals surface area contributed by atoms with Crippen LogP contribution in [0.25, 0.3) is 0 Å². The quantitative estimate of drug-likeness (QED) is 0.649. The monoisotopic (exact) mass is 213 g/mol. The highest BCUT2D eigenvalue weighted by Crippen LogP contribution is 2.49. The number of carbonyl (C=O) groups is 1. The van der Waals surface area contributed by atoms with Crippen molar-refractivity contribution in [2.45, 2.75) is 38.5 Å². The summed E-state index contributed by atoms with van der Waals surface area (Å²) in [6, 6.07) is 0. The predicted molar refractivity (Wildman–Crippen MR) is 60.5 cm³/mol. The third kappa shape index (κ3) is 2.91. The largest absolute Gasteiger partial charge is 0.356 e. The summed E-state index contributed by atoms with van der Waals surface area (Å²) < 4.78 is 0. The van der Waals surface area contributed by atoms with E-state index in [4.69, 9.17) is 0 Å². The van der Waals surface area contributed by atoms with E-state index in [1.807, 2.05) is 0 Å². The second kappa shape index (κ2) is 4.13. The van der Waals surface area contributed by atoms with Gasteiger partial charge < -0.3 is 5.32 Å². The summed E-state index contributed by atoms with van der Waals surface area (Å²) in [6.45, 7) is 0.881. The highest BCUT2D eigenvalue weighted by molar-refractivity contribution is 7.80. The van der Waals surface area contributed by atoms with Gasteiger partial charge in [0.05, 0.1) is 0 Å². The molecule has 80 valence electrons. The van der Waals surface area contributed by atoms with Crippen molar-refractivity contribution in [2.24, 2.45) is 11.3 Å². The van der Waals surface area contributed by atoms with Crippen LogP contribution in [0.4, 0.5) is 0 Å². The number of amides is 1. The smallest absolute Gasteiger partial charge is 0.220 e. The van der Waals surface area contributed by atoms with E-state index in [-0.39, 0.29) is 11.3 Å². The number of carbonyl (C=O) groups excluding carboxylic acids is 1. The standard InChI is InChI=1S/C11H19NOS/c13-10(7-11(8-14)4-5-11)12-6-3-9-1-2-9/h9,14H,1-8H2,(H,12,13). The summed E-state index contributed by atoms with van der Waals surface area (Å²) in [5.41, 5.74) is 0.271. The zero-order chi connectivity index (χ0) is 10.0. The third-order valence-corrected chi connectivity index (χ3v) is 4.07. The molecule has 0 aromatic rings. The zero-order valence-corrected chi connectivity index (χ0v) is 9.48. The van der Waals surface area contributed by atoms with Gasteiger partial charge in [-0.15, -0.1) is 0 Å². The maximum absolute atomic E-state index is 11.5. The minimum Gasteiger partial charge on any atom is -0.356 e. The Morgan fingerprint density at radius 3 is 2.64 bits per heavy atom. The number of rotatable bonds is 6. The number of thiol groups is 1. The summed E-state index contributed by atoms with van der Waals surface area (Å²) in [5.74, 6) is 2.01. The highest BCUT2D eigenvalue weighted by atomic mass is 32.1. The van der Waals surface area contributed by atoms with E-state index in [0.29, 0.717) is 6.42 Å². The SMILES string of the molecule is O=C(CC1(CS)CC1)NCCC1CC1. The van der Waals surface area contributed by atoms with Crippen molar-refractivity contribution in [3.8, 4) is 0 Å². The van der Waals surface area contributed by atoms with Gasteiger partial charge in [0, 0.05) is 13.0 Å². The maximum atomic E-state index is 11.5. The number of nitrogens with one attached hydrogen (secondary N) is 1. The summed E-state index contributed by atoms with van der Waals surface area (Å²) >= 11 is 4.29. The van der Waals surface area contributed by atoms with Gasteiger partial charge in [0.15, 0.2) is 0 Å². The molecule has 2 fully saturated rings. The van der Waals surface area contributed by atoms with Crippen LogP contribution in [0.1, 0.15) is 38.5 Å². The molecule has 0 spiro atoms. The Bertz CT molecular complexity index is 221. The number of hydrogen-bond acceptors (Lipinski definition) is 2. The Balaban J connectivity index is 1.58. The fourth-order valence-corrected chi connectivity index (χ4v) is 2.22. The molecule has 0 aromatic carbocycles. The van der Waals surface area contributed by atoms with Gasteiger partial charge in [-0.2, -0.15) is 12.6 Å². The van der Waals surface area contributed by atoms with Crippen molar-refractivity contribution in [3.05, 3.63) is 0 Å². The zero-order valence-electron chi connectivity index (χ0n) is 8.59. The molecular weight excluding hydrogens is 194 g/mol. The second-order valence-corrected chi connectivity index (χ2v) is 5.23. The lowest BCUT2D eigenvalue weighted by molar-refractivity contribution is -0.122. The molecule has 0 bridgehead atoms. The fraction of sp³-hybridized carbons (Fsp3) is 0.909. The first-order valence-corrected chi connectivity index (χ1v) is 6.25. The first kappa shape index (κ1) is 10.3. The van der Waals surface area contributed by atoms with E-state index in [1.165, 1.54) is 32.1 Å². The van der Waals surface area contributed by atoms with Gasteiger partial charge in [-0.1, -0.05) is 12.8 Å². The average Bonchev–Trinajstić information content (AvgIpc) is 3.00. The minimum absolute atomic E-state index is 0.234. The molecule has 0 heterocycles. The molecule has 1 N–H and O–H groups in total. The molecule has 0 atom stereocenters. The first-order valence-electron chi connectivity index (χ1n) is 5.62. The molecule has 0 aromatic heterocycles. The van der Waals surface area contributed by atoms with Gasteiger partial charge >= 0.3 is 0 Å². The van der Waals surface area contributed by atoms with Crippen LogP contribution in [0, 0.1) is 11.3 Å². The van der Waals surface area contributed by atoms with E-state index < -0.39 is 0 Å².